The molecule has 0 radical (unpaired) electrons. The van der Waals surface area contributed by atoms with E-state index in [2.05, 4.69) is 5.10 Å². The average molecular weight is 261 g/mol. The predicted molar refractivity (Wildman–Crippen MR) is 74.7 cm³/mol. The zero-order valence-corrected chi connectivity index (χ0v) is 11.3. The fourth-order valence-electron chi connectivity index (χ4n) is 2.16. The molecule has 0 aliphatic rings. The maximum atomic E-state index is 12.0. The number of nitrogens with two attached hydrogens (primary N) is 1. The second-order valence-electron chi connectivity index (χ2n) is 4.46. The van der Waals surface area contributed by atoms with Gasteiger partial charge in [-0.05, 0) is 31.5 Å². The van der Waals surface area contributed by atoms with Crippen LogP contribution in [0.4, 0.5) is 5.69 Å². The third-order valence-electron chi connectivity index (χ3n) is 3.04. The van der Waals surface area contributed by atoms with Crippen molar-refractivity contribution in [2.75, 3.05) is 12.3 Å². The summed E-state index contributed by atoms with van der Waals surface area (Å²) in [5.41, 5.74) is 7.33. The molecule has 0 spiro atoms. The van der Waals surface area contributed by atoms with Crippen molar-refractivity contribution < 1.29 is 9.53 Å². The van der Waals surface area contributed by atoms with E-state index in [0.29, 0.717) is 18.7 Å². The lowest BCUT2D eigenvalue weighted by molar-refractivity contribution is -0.147. The highest BCUT2D eigenvalue weighted by Gasteiger charge is 2.23. The third kappa shape index (κ3) is 2.70. The Balaban J connectivity index is 2.43. The Labute approximate surface area is 112 Å². The molecule has 1 aromatic carbocycles. The molecule has 102 valence electrons. The Morgan fingerprint density at radius 2 is 2.26 bits per heavy atom. The van der Waals surface area contributed by atoms with E-state index in [4.69, 9.17) is 10.5 Å². The molecule has 2 rings (SSSR count). The second kappa shape index (κ2) is 5.73. The first-order chi connectivity index (χ1) is 9.17. The maximum Gasteiger partial charge on any atom is 0.330 e. The van der Waals surface area contributed by atoms with Crippen molar-refractivity contribution in [3.8, 4) is 0 Å². The predicted octanol–water partition coefficient (Wildman–Crippen LogP) is 2.52. The molecule has 2 N–H and O–H groups in total. The van der Waals surface area contributed by atoms with E-state index in [9.17, 15) is 4.79 Å². The van der Waals surface area contributed by atoms with Gasteiger partial charge in [0.05, 0.1) is 18.3 Å². The van der Waals surface area contributed by atoms with Gasteiger partial charge in [0.2, 0.25) is 0 Å². The van der Waals surface area contributed by atoms with Crippen molar-refractivity contribution in [2.45, 2.75) is 32.7 Å². The highest BCUT2D eigenvalue weighted by Crippen LogP contribution is 2.24. The van der Waals surface area contributed by atoms with Crippen LogP contribution in [0.15, 0.2) is 24.4 Å². The summed E-state index contributed by atoms with van der Waals surface area (Å²) < 4.78 is 6.84. The first-order valence-corrected chi connectivity index (χ1v) is 6.56. The number of carbonyl (C=O) groups excluding carboxylic acids is 1. The van der Waals surface area contributed by atoms with Crippen LogP contribution in [0.3, 0.4) is 0 Å². The van der Waals surface area contributed by atoms with Crippen molar-refractivity contribution in [1.82, 2.24) is 9.78 Å². The molecule has 5 nitrogen and oxygen atoms in total. The lowest BCUT2D eigenvalue weighted by Gasteiger charge is -2.16. The molecule has 0 aliphatic carbocycles. The van der Waals surface area contributed by atoms with Gasteiger partial charge in [0.1, 0.15) is 6.04 Å². The number of fused-ring (bicyclic) bond motifs is 1. The number of hydrogen-bond donors (Lipinski definition) is 1. The second-order valence-corrected chi connectivity index (χ2v) is 4.46. The monoisotopic (exact) mass is 261 g/mol. The number of anilines is 1. The number of ether oxygens (including phenoxy) is 1. The number of benzene rings is 1. The SMILES string of the molecule is CCCC(C(=O)OCC)n1ncc2ccc(N)cc21. The summed E-state index contributed by atoms with van der Waals surface area (Å²) in [5, 5.41) is 5.29. The lowest BCUT2D eigenvalue weighted by Crippen LogP contribution is -2.22. The number of carbonyl (C=O) groups is 1. The van der Waals surface area contributed by atoms with Crippen LogP contribution in [-0.2, 0) is 9.53 Å². The van der Waals surface area contributed by atoms with E-state index >= 15 is 0 Å². The van der Waals surface area contributed by atoms with Gasteiger partial charge in [-0.15, -0.1) is 0 Å². The summed E-state index contributed by atoms with van der Waals surface area (Å²) in [4.78, 5) is 12.0. The highest BCUT2D eigenvalue weighted by molar-refractivity contribution is 5.84. The molecule has 0 saturated heterocycles. The summed E-state index contributed by atoms with van der Waals surface area (Å²) in [5.74, 6) is -0.239. The van der Waals surface area contributed by atoms with Gasteiger partial charge in [-0.1, -0.05) is 13.3 Å². The summed E-state index contributed by atoms with van der Waals surface area (Å²) in [6.45, 7) is 4.22. The number of esters is 1. The molecule has 0 bridgehead atoms. The fourth-order valence-corrected chi connectivity index (χ4v) is 2.16. The van der Waals surface area contributed by atoms with Crippen molar-refractivity contribution in [3.63, 3.8) is 0 Å². The molecule has 2 aromatic rings. The molecule has 1 aromatic heterocycles. The standard InChI is InChI=1S/C14H19N3O2/c1-3-5-12(14(18)19-4-2)17-13-8-11(15)7-6-10(13)9-16-17/h6-9,12H,3-5,15H2,1-2H3. The van der Waals surface area contributed by atoms with Gasteiger partial charge >= 0.3 is 5.97 Å². The summed E-state index contributed by atoms with van der Waals surface area (Å²) in [7, 11) is 0. The molecule has 1 heterocycles. The number of hydrogen-bond acceptors (Lipinski definition) is 4. The molecule has 0 aliphatic heterocycles. The van der Waals surface area contributed by atoms with Gasteiger partial charge in [-0.3, -0.25) is 4.68 Å². The Morgan fingerprint density at radius 1 is 1.47 bits per heavy atom. The van der Waals surface area contributed by atoms with Gasteiger partial charge in [0.15, 0.2) is 0 Å². The van der Waals surface area contributed by atoms with Crippen molar-refractivity contribution in [1.29, 1.82) is 0 Å². The van der Waals surface area contributed by atoms with Gasteiger partial charge in [0, 0.05) is 11.1 Å². The Bertz CT molecular complexity index is 577. The van der Waals surface area contributed by atoms with Gasteiger partial charge in [-0.25, -0.2) is 4.79 Å². The zero-order chi connectivity index (χ0) is 13.8. The zero-order valence-electron chi connectivity index (χ0n) is 11.3. The molecule has 1 unspecified atom stereocenters. The summed E-state index contributed by atoms with van der Waals surface area (Å²) >= 11 is 0. The van der Waals surface area contributed by atoms with Gasteiger partial charge in [0.25, 0.3) is 0 Å². The van der Waals surface area contributed by atoms with Gasteiger partial charge in [-0.2, -0.15) is 5.10 Å². The fraction of sp³-hybridized carbons (Fsp3) is 0.429. The van der Waals surface area contributed by atoms with E-state index < -0.39 is 0 Å². The molecule has 0 saturated carbocycles. The van der Waals surface area contributed by atoms with E-state index in [0.717, 1.165) is 17.3 Å². The number of nitrogens with zero attached hydrogens (tertiary/aromatic N) is 2. The third-order valence-corrected chi connectivity index (χ3v) is 3.04. The number of aromatic nitrogens is 2. The minimum Gasteiger partial charge on any atom is -0.464 e. The van der Waals surface area contributed by atoms with Crippen molar-refractivity contribution in [3.05, 3.63) is 24.4 Å². The Kier molecular flexibility index (Phi) is 4.04. The van der Waals surface area contributed by atoms with Gasteiger partial charge < -0.3 is 10.5 Å². The number of nitrogen functional groups attached to an aromatic ring is 1. The van der Waals surface area contributed by atoms with Crippen LogP contribution in [0, 0.1) is 0 Å². The van der Waals surface area contributed by atoms with E-state index in [1.807, 2.05) is 25.1 Å². The molecule has 0 fully saturated rings. The Morgan fingerprint density at radius 3 is 2.95 bits per heavy atom. The maximum absolute atomic E-state index is 12.0. The first kappa shape index (κ1) is 13.4. The average Bonchev–Trinajstić information content (AvgIpc) is 2.79. The molecule has 19 heavy (non-hydrogen) atoms. The normalized spacial score (nSPS) is 12.5. The molecule has 0 amide bonds. The molecule has 1 atom stereocenters. The molecular formula is C14H19N3O2. The van der Waals surface area contributed by atoms with Crippen LogP contribution in [0.1, 0.15) is 32.7 Å². The van der Waals surface area contributed by atoms with E-state index in [1.165, 1.54) is 0 Å². The van der Waals surface area contributed by atoms with E-state index in [1.54, 1.807) is 17.8 Å². The lowest BCUT2D eigenvalue weighted by atomic mass is 10.1. The minimum atomic E-state index is -0.385. The topological polar surface area (TPSA) is 70.1 Å². The van der Waals surface area contributed by atoms with Crippen LogP contribution >= 0.6 is 0 Å². The summed E-state index contributed by atoms with van der Waals surface area (Å²) in [6, 6.07) is 5.18. The van der Waals surface area contributed by atoms with E-state index in [-0.39, 0.29) is 12.0 Å². The quantitative estimate of drug-likeness (QED) is 0.663. The number of rotatable bonds is 5. The molecule has 5 heteroatoms. The van der Waals surface area contributed by atoms with Crippen LogP contribution in [0.5, 0.6) is 0 Å². The van der Waals surface area contributed by atoms with Crippen LogP contribution in [0.2, 0.25) is 0 Å². The van der Waals surface area contributed by atoms with Crippen molar-refractivity contribution >= 4 is 22.6 Å². The van der Waals surface area contributed by atoms with Crippen LogP contribution in [0.25, 0.3) is 10.9 Å². The van der Waals surface area contributed by atoms with Crippen LogP contribution < -0.4 is 5.73 Å². The minimum absolute atomic E-state index is 0.239. The largest absolute Gasteiger partial charge is 0.464 e. The highest BCUT2D eigenvalue weighted by atomic mass is 16.5. The smallest absolute Gasteiger partial charge is 0.330 e. The first-order valence-electron chi connectivity index (χ1n) is 6.56. The van der Waals surface area contributed by atoms with Crippen LogP contribution in [-0.4, -0.2) is 22.4 Å². The summed E-state index contributed by atoms with van der Waals surface area (Å²) in [6.07, 6.45) is 3.33. The Hall–Kier alpha value is -2.04. The molecular weight excluding hydrogens is 242 g/mol. The van der Waals surface area contributed by atoms with Crippen molar-refractivity contribution in [2.24, 2.45) is 0 Å².